The Morgan fingerprint density at radius 3 is 2.79 bits per heavy atom. The third kappa shape index (κ3) is 5.42. The topological polar surface area (TPSA) is 88.8 Å². The molecule has 0 radical (unpaired) electrons. The van der Waals surface area contributed by atoms with Crippen LogP contribution in [0.25, 0.3) is 0 Å². The molecular weight excluding hydrogens is 533 g/mol. The molecule has 0 saturated carbocycles. The van der Waals surface area contributed by atoms with Gasteiger partial charge in [-0.05, 0) is 69.2 Å². The molecule has 222 valence electrons. The molecule has 1 aromatic heterocycles. The summed E-state index contributed by atoms with van der Waals surface area (Å²) in [6, 6.07) is 11.1. The van der Waals surface area contributed by atoms with Gasteiger partial charge in [0, 0.05) is 50.5 Å². The zero-order valence-corrected chi connectivity index (χ0v) is 24.7. The summed E-state index contributed by atoms with van der Waals surface area (Å²) in [4.78, 5) is 30.8. The first-order valence-corrected chi connectivity index (χ1v) is 15.1. The van der Waals surface area contributed by atoms with Crippen LogP contribution in [0.2, 0.25) is 0 Å². The van der Waals surface area contributed by atoms with Gasteiger partial charge < -0.3 is 24.3 Å². The molecule has 42 heavy (non-hydrogen) atoms. The first-order chi connectivity index (χ1) is 20.3. The molecule has 3 aliphatic heterocycles. The number of likely N-dealkylation sites (N-methyl/N-ethyl adjacent to an activating group) is 1. The molecule has 2 fully saturated rings. The fourth-order valence-corrected chi connectivity index (χ4v) is 7.54. The van der Waals surface area contributed by atoms with Crippen LogP contribution < -0.4 is 14.5 Å². The summed E-state index contributed by atoms with van der Waals surface area (Å²) in [7, 11) is 4.30. The number of fused-ring (bicyclic) bond motifs is 2. The highest BCUT2D eigenvalue weighted by atomic mass is 19.1. The average molecular weight is 574 g/mol. The second-order valence-corrected chi connectivity index (χ2v) is 12.5. The number of likely N-dealkylation sites (tertiary alicyclic amines) is 1. The van der Waals surface area contributed by atoms with E-state index in [0.717, 1.165) is 68.7 Å². The Labute approximate surface area is 247 Å². The number of hydrogen-bond donors (Lipinski definition) is 0. The number of piperazine rings is 1. The Balaban J connectivity index is 1.32. The number of rotatable bonds is 6. The number of carbonyl (C=O) groups excluding carboxylic acids is 1. The number of anilines is 2. The maximum absolute atomic E-state index is 13.8. The van der Waals surface area contributed by atoms with Crippen LogP contribution in [0.4, 0.5) is 15.9 Å². The standard InChI is InChI=1S/C32H40FN7O2/c1-22(33)30(41)40-16-15-39(19-24(40)11-13-34)29-26-10-12-32(17-23-7-4-5-9-28(23)38(3)21-32)18-27(26)35-31(36-29)42-20-25-8-6-14-37(25)2/h4-5,7,9,24-25H,1,6,8,10-12,14-21H2,2-3H3/t24-,25-,32+/m0/s1. The van der Waals surface area contributed by atoms with Crippen LogP contribution >= 0.6 is 0 Å². The van der Waals surface area contributed by atoms with Gasteiger partial charge in [-0.3, -0.25) is 4.79 Å². The number of nitriles is 1. The molecule has 10 heteroatoms. The highest BCUT2D eigenvalue weighted by molar-refractivity contribution is 5.91. The van der Waals surface area contributed by atoms with Crippen LogP contribution in [0.3, 0.4) is 0 Å². The number of aromatic nitrogens is 2. The van der Waals surface area contributed by atoms with Gasteiger partial charge in [-0.2, -0.15) is 15.2 Å². The lowest BCUT2D eigenvalue weighted by Crippen LogP contribution is -2.56. The van der Waals surface area contributed by atoms with E-state index >= 15 is 0 Å². The van der Waals surface area contributed by atoms with Gasteiger partial charge in [-0.1, -0.05) is 24.8 Å². The molecule has 1 aliphatic carbocycles. The summed E-state index contributed by atoms with van der Waals surface area (Å²) in [5, 5.41) is 9.50. The van der Waals surface area contributed by atoms with E-state index in [-0.39, 0.29) is 11.8 Å². The van der Waals surface area contributed by atoms with Crippen molar-refractivity contribution in [1.29, 1.82) is 5.26 Å². The molecule has 1 aromatic carbocycles. The monoisotopic (exact) mass is 573 g/mol. The van der Waals surface area contributed by atoms with E-state index < -0.39 is 17.8 Å². The molecule has 0 bridgehead atoms. The molecule has 9 nitrogen and oxygen atoms in total. The Morgan fingerprint density at radius 2 is 2.02 bits per heavy atom. The Bertz CT molecular complexity index is 1410. The van der Waals surface area contributed by atoms with Crippen LogP contribution in [-0.4, -0.2) is 91.2 Å². The fourth-order valence-electron chi connectivity index (χ4n) is 7.54. The number of amides is 1. The number of ether oxygens (including phenoxy) is 1. The van der Waals surface area contributed by atoms with Gasteiger partial charge in [-0.15, -0.1) is 0 Å². The molecule has 6 rings (SSSR count). The lowest BCUT2D eigenvalue weighted by atomic mass is 9.67. The summed E-state index contributed by atoms with van der Waals surface area (Å²) >= 11 is 0. The second kappa shape index (κ2) is 11.5. The number of para-hydroxylation sites is 1. The van der Waals surface area contributed by atoms with Gasteiger partial charge in [0.25, 0.3) is 5.91 Å². The van der Waals surface area contributed by atoms with Gasteiger partial charge in [0.2, 0.25) is 0 Å². The largest absolute Gasteiger partial charge is 0.462 e. The molecule has 1 amide bonds. The maximum Gasteiger partial charge on any atom is 0.318 e. The van der Waals surface area contributed by atoms with Crippen LogP contribution in [-0.2, 0) is 24.1 Å². The van der Waals surface area contributed by atoms with Crippen molar-refractivity contribution in [2.75, 3.05) is 63.2 Å². The Morgan fingerprint density at radius 1 is 1.19 bits per heavy atom. The minimum absolute atomic E-state index is 0.0701. The van der Waals surface area contributed by atoms with E-state index in [1.54, 1.807) is 0 Å². The van der Waals surface area contributed by atoms with E-state index in [1.165, 1.54) is 16.2 Å². The molecular formula is C32H40FN7O2. The zero-order valence-electron chi connectivity index (χ0n) is 24.7. The predicted octanol–water partition coefficient (Wildman–Crippen LogP) is 3.53. The molecule has 2 saturated heterocycles. The summed E-state index contributed by atoms with van der Waals surface area (Å²) < 4.78 is 20.1. The lowest BCUT2D eigenvalue weighted by molar-refractivity contribution is -0.131. The second-order valence-electron chi connectivity index (χ2n) is 12.5. The smallest absolute Gasteiger partial charge is 0.318 e. The van der Waals surface area contributed by atoms with Crippen molar-refractivity contribution in [3.05, 3.63) is 53.5 Å². The normalized spacial score (nSPS) is 25.6. The van der Waals surface area contributed by atoms with Crippen molar-refractivity contribution in [1.82, 2.24) is 19.8 Å². The molecule has 0 N–H and O–H groups in total. The van der Waals surface area contributed by atoms with Crippen molar-refractivity contribution in [3.8, 4) is 12.1 Å². The Kier molecular flexibility index (Phi) is 7.79. The van der Waals surface area contributed by atoms with Gasteiger partial charge in [0.15, 0.2) is 5.83 Å². The third-order valence-corrected chi connectivity index (χ3v) is 9.72. The minimum atomic E-state index is -0.998. The third-order valence-electron chi connectivity index (χ3n) is 9.72. The van der Waals surface area contributed by atoms with E-state index in [1.807, 2.05) is 0 Å². The summed E-state index contributed by atoms with van der Waals surface area (Å²) in [6.45, 7) is 6.92. The predicted molar refractivity (Wildman–Crippen MR) is 159 cm³/mol. The molecule has 4 heterocycles. The summed E-state index contributed by atoms with van der Waals surface area (Å²) in [5.41, 5.74) is 4.90. The average Bonchev–Trinajstić information content (AvgIpc) is 3.39. The quantitative estimate of drug-likeness (QED) is 0.485. The molecule has 3 atom stereocenters. The van der Waals surface area contributed by atoms with Crippen molar-refractivity contribution in [3.63, 3.8) is 0 Å². The van der Waals surface area contributed by atoms with Gasteiger partial charge in [-0.25, -0.2) is 4.39 Å². The van der Waals surface area contributed by atoms with E-state index in [2.05, 4.69) is 65.7 Å². The number of carbonyl (C=O) groups is 1. The SMILES string of the molecule is C=C(F)C(=O)N1CCN(c2nc(OC[C@@H]3CCCN3C)nc3c2CC[C@@]2(Cc4ccccc4N(C)C2)C3)C[C@@H]1CC#N. The summed E-state index contributed by atoms with van der Waals surface area (Å²) in [6.07, 6.45) is 6.06. The number of hydrogen-bond acceptors (Lipinski definition) is 8. The van der Waals surface area contributed by atoms with E-state index in [0.29, 0.717) is 38.3 Å². The zero-order chi connectivity index (χ0) is 29.4. The highest BCUT2D eigenvalue weighted by Crippen LogP contribution is 2.46. The number of halogens is 1. The first-order valence-electron chi connectivity index (χ1n) is 15.1. The van der Waals surface area contributed by atoms with Crippen LogP contribution in [0.15, 0.2) is 36.7 Å². The minimum Gasteiger partial charge on any atom is -0.462 e. The van der Waals surface area contributed by atoms with Gasteiger partial charge >= 0.3 is 6.01 Å². The highest BCUT2D eigenvalue weighted by Gasteiger charge is 2.42. The molecule has 0 unspecified atom stereocenters. The first kappa shape index (κ1) is 28.4. The molecule has 4 aliphatic rings. The van der Waals surface area contributed by atoms with Crippen molar-refractivity contribution < 1.29 is 13.9 Å². The number of nitrogens with zero attached hydrogens (tertiary/aromatic N) is 7. The molecule has 1 spiro atoms. The van der Waals surface area contributed by atoms with Crippen molar-refractivity contribution in [2.24, 2.45) is 5.41 Å². The van der Waals surface area contributed by atoms with Crippen LogP contribution in [0, 0.1) is 16.7 Å². The lowest BCUT2D eigenvalue weighted by Gasteiger charge is -2.46. The van der Waals surface area contributed by atoms with Crippen LogP contribution in [0.1, 0.15) is 42.5 Å². The Hall–Kier alpha value is -3.71. The number of benzene rings is 1. The van der Waals surface area contributed by atoms with E-state index in [4.69, 9.17) is 14.7 Å². The fraction of sp³-hybridized carbons (Fsp3) is 0.562. The van der Waals surface area contributed by atoms with Crippen molar-refractivity contribution >= 4 is 17.4 Å². The maximum atomic E-state index is 13.8. The van der Waals surface area contributed by atoms with E-state index in [9.17, 15) is 14.4 Å². The van der Waals surface area contributed by atoms with Crippen LogP contribution in [0.5, 0.6) is 6.01 Å². The summed E-state index contributed by atoms with van der Waals surface area (Å²) in [5.74, 6) is -0.918. The van der Waals surface area contributed by atoms with Crippen molar-refractivity contribution in [2.45, 2.75) is 57.0 Å². The van der Waals surface area contributed by atoms with Gasteiger partial charge in [0.05, 0.1) is 24.2 Å². The molecule has 2 aromatic rings. The van der Waals surface area contributed by atoms with Gasteiger partial charge in [0.1, 0.15) is 12.4 Å².